The van der Waals surface area contributed by atoms with Gasteiger partial charge in [0.05, 0.1) is 11.3 Å². The van der Waals surface area contributed by atoms with Gasteiger partial charge in [0, 0.05) is 32.5 Å². The van der Waals surface area contributed by atoms with Crippen LogP contribution in [0.5, 0.6) is 0 Å². The van der Waals surface area contributed by atoms with Crippen LogP contribution in [-0.4, -0.2) is 46.5 Å². The summed E-state index contributed by atoms with van der Waals surface area (Å²) in [6, 6.07) is 0. The van der Waals surface area contributed by atoms with Gasteiger partial charge in [-0.15, -0.1) is 0 Å². The van der Waals surface area contributed by atoms with Crippen LogP contribution in [0.3, 0.4) is 0 Å². The van der Waals surface area contributed by atoms with Crippen molar-refractivity contribution < 1.29 is 14.1 Å². The maximum absolute atomic E-state index is 12.8. The third-order valence-electron chi connectivity index (χ3n) is 6.57. The Kier molecular flexibility index (Phi) is 3.40. The lowest BCUT2D eigenvalue weighted by Gasteiger charge is -2.25. The van der Waals surface area contributed by atoms with Gasteiger partial charge in [-0.2, -0.15) is 4.98 Å². The number of rotatable bonds is 4. The van der Waals surface area contributed by atoms with Gasteiger partial charge in [-0.05, 0) is 37.5 Å². The van der Waals surface area contributed by atoms with E-state index < -0.39 is 0 Å². The number of nitrogens with zero attached hydrogens (tertiary/aromatic N) is 3. The summed E-state index contributed by atoms with van der Waals surface area (Å²) < 4.78 is 5.69. The van der Waals surface area contributed by atoms with E-state index in [1.54, 1.807) is 0 Å². The molecule has 1 N–H and O–H groups in total. The minimum Gasteiger partial charge on any atom is -0.355 e. The van der Waals surface area contributed by atoms with Gasteiger partial charge in [-0.1, -0.05) is 11.6 Å². The fraction of sp³-hybridized carbons (Fsp3) is 0.778. The van der Waals surface area contributed by atoms with Crippen molar-refractivity contribution in [1.82, 2.24) is 20.4 Å². The van der Waals surface area contributed by atoms with E-state index in [1.165, 1.54) is 12.8 Å². The second kappa shape index (κ2) is 5.54. The van der Waals surface area contributed by atoms with E-state index in [0.29, 0.717) is 25.4 Å². The van der Waals surface area contributed by atoms with Crippen molar-refractivity contribution in [2.75, 3.05) is 19.6 Å². The maximum Gasteiger partial charge on any atom is 0.235 e. The Morgan fingerprint density at radius 1 is 1.36 bits per heavy atom. The molecule has 0 aromatic carbocycles. The number of carbonyl (C=O) groups is 2. The molecule has 0 spiro atoms. The van der Waals surface area contributed by atoms with Gasteiger partial charge < -0.3 is 14.7 Å². The summed E-state index contributed by atoms with van der Waals surface area (Å²) in [5.74, 6) is 2.57. The van der Waals surface area contributed by atoms with Gasteiger partial charge in [-0.25, -0.2) is 0 Å². The summed E-state index contributed by atoms with van der Waals surface area (Å²) >= 11 is 0. The maximum atomic E-state index is 12.8. The highest BCUT2D eigenvalue weighted by Crippen LogP contribution is 2.50. The number of hydrogen-bond acceptors (Lipinski definition) is 5. The highest BCUT2D eigenvalue weighted by molar-refractivity contribution is 5.89. The third kappa shape index (κ3) is 2.55. The number of fused-ring (bicyclic) bond motifs is 1. The number of carbonyl (C=O) groups excluding carboxylic acids is 2. The predicted molar refractivity (Wildman–Crippen MR) is 87.4 cm³/mol. The number of hydrogen-bond donors (Lipinski definition) is 1. The van der Waals surface area contributed by atoms with Crippen LogP contribution in [0.2, 0.25) is 0 Å². The average Bonchev–Trinajstić information content (AvgIpc) is 3.00. The van der Waals surface area contributed by atoms with Crippen molar-refractivity contribution >= 4 is 11.8 Å². The van der Waals surface area contributed by atoms with Crippen LogP contribution >= 0.6 is 0 Å². The molecule has 1 aromatic rings. The van der Waals surface area contributed by atoms with Crippen LogP contribution in [0.1, 0.15) is 50.2 Å². The second-order valence-corrected chi connectivity index (χ2v) is 8.33. The Morgan fingerprint density at radius 2 is 2.24 bits per heavy atom. The van der Waals surface area contributed by atoms with Crippen LogP contribution in [0, 0.1) is 17.8 Å². The molecule has 2 aliphatic carbocycles. The highest BCUT2D eigenvalue weighted by atomic mass is 16.5. The molecule has 2 amide bonds. The molecule has 0 bridgehead atoms. The minimum absolute atomic E-state index is 0.0194. The monoisotopic (exact) mass is 344 g/mol. The van der Waals surface area contributed by atoms with Gasteiger partial charge >= 0.3 is 0 Å². The molecule has 7 nitrogen and oxygen atoms in total. The number of nitrogens with one attached hydrogen (secondary N) is 1. The summed E-state index contributed by atoms with van der Waals surface area (Å²) in [6.07, 6.45) is 7.04. The topological polar surface area (TPSA) is 88.3 Å². The molecule has 2 saturated carbocycles. The zero-order valence-corrected chi connectivity index (χ0v) is 14.4. The van der Waals surface area contributed by atoms with E-state index in [2.05, 4.69) is 10.5 Å². The first-order valence-electron chi connectivity index (χ1n) is 9.52. The first kappa shape index (κ1) is 15.3. The van der Waals surface area contributed by atoms with E-state index in [0.717, 1.165) is 49.9 Å². The number of aromatic nitrogens is 2. The summed E-state index contributed by atoms with van der Waals surface area (Å²) in [4.78, 5) is 30.9. The zero-order valence-electron chi connectivity index (χ0n) is 14.4. The number of likely N-dealkylation sites (tertiary alicyclic amines) is 1. The van der Waals surface area contributed by atoms with Gasteiger partial charge in [0.2, 0.25) is 17.7 Å². The summed E-state index contributed by atoms with van der Waals surface area (Å²) in [7, 11) is 0. The van der Waals surface area contributed by atoms with Gasteiger partial charge in [-0.3, -0.25) is 9.59 Å². The molecule has 2 aliphatic heterocycles. The SMILES string of the molecule is O=C1C[C@H](C(=O)N2C[C@H]3CCC[C@@]3(c3nc(CC4CC4)no3)C2)CN1. The molecule has 7 heteroatoms. The zero-order chi connectivity index (χ0) is 17.0. The molecule has 4 aliphatic rings. The van der Waals surface area contributed by atoms with Crippen LogP contribution in [0.15, 0.2) is 4.52 Å². The Morgan fingerprint density at radius 3 is 3.00 bits per heavy atom. The molecule has 25 heavy (non-hydrogen) atoms. The normalized spacial score (nSPS) is 34.4. The summed E-state index contributed by atoms with van der Waals surface area (Å²) in [6.45, 7) is 1.88. The fourth-order valence-corrected chi connectivity index (χ4v) is 4.96. The summed E-state index contributed by atoms with van der Waals surface area (Å²) in [5.41, 5.74) is -0.166. The lowest BCUT2D eigenvalue weighted by molar-refractivity contribution is -0.135. The van der Waals surface area contributed by atoms with E-state index in [9.17, 15) is 9.59 Å². The lowest BCUT2D eigenvalue weighted by Crippen LogP contribution is -2.38. The lowest BCUT2D eigenvalue weighted by atomic mass is 9.80. The molecule has 134 valence electrons. The van der Waals surface area contributed by atoms with Crippen molar-refractivity contribution in [1.29, 1.82) is 0 Å². The van der Waals surface area contributed by atoms with Gasteiger partial charge in [0.1, 0.15) is 0 Å². The molecular weight excluding hydrogens is 320 g/mol. The van der Waals surface area contributed by atoms with E-state index in [-0.39, 0.29) is 23.1 Å². The minimum atomic E-state index is -0.212. The van der Waals surface area contributed by atoms with Crippen LogP contribution in [-0.2, 0) is 21.4 Å². The van der Waals surface area contributed by atoms with E-state index >= 15 is 0 Å². The van der Waals surface area contributed by atoms with Crippen molar-refractivity contribution in [3.63, 3.8) is 0 Å². The van der Waals surface area contributed by atoms with Crippen LogP contribution in [0.25, 0.3) is 0 Å². The quantitative estimate of drug-likeness (QED) is 0.882. The molecule has 2 saturated heterocycles. The molecule has 1 aromatic heterocycles. The van der Waals surface area contributed by atoms with Gasteiger partial charge in [0.25, 0.3) is 0 Å². The molecule has 3 heterocycles. The first-order valence-corrected chi connectivity index (χ1v) is 9.52. The predicted octanol–water partition coefficient (Wildman–Crippen LogP) is 1.04. The molecular formula is C18H24N4O3. The largest absolute Gasteiger partial charge is 0.355 e. The van der Waals surface area contributed by atoms with Crippen molar-refractivity contribution in [3.8, 4) is 0 Å². The van der Waals surface area contributed by atoms with Crippen molar-refractivity contribution in [2.24, 2.45) is 17.8 Å². The molecule has 3 atom stereocenters. The number of amides is 2. The highest BCUT2D eigenvalue weighted by Gasteiger charge is 2.55. The Labute approximate surface area is 146 Å². The van der Waals surface area contributed by atoms with Crippen molar-refractivity contribution in [3.05, 3.63) is 11.7 Å². The molecule has 0 unspecified atom stereocenters. The first-order chi connectivity index (χ1) is 12.1. The van der Waals surface area contributed by atoms with Crippen LogP contribution < -0.4 is 5.32 Å². The molecule has 4 fully saturated rings. The summed E-state index contributed by atoms with van der Waals surface area (Å²) in [5, 5.41) is 6.97. The average molecular weight is 344 g/mol. The smallest absolute Gasteiger partial charge is 0.235 e. The Hall–Kier alpha value is -1.92. The Balaban J connectivity index is 1.35. The third-order valence-corrected chi connectivity index (χ3v) is 6.57. The van der Waals surface area contributed by atoms with Crippen LogP contribution in [0.4, 0.5) is 0 Å². The fourth-order valence-electron chi connectivity index (χ4n) is 4.96. The molecule has 0 radical (unpaired) electrons. The van der Waals surface area contributed by atoms with E-state index in [4.69, 9.17) is 9.51 Å². The molecule has 5 rings (SSSR count). The van der Waals surface area contributed by atoms with E-state index in [1.807, 2.05) is 4.90 Å². The van der Waals surface area contributed by atoms with Gasteiger partial charge in [0.15, 0.2) is 5.82 Å². The second-order valence-electron chi connectivity index (χ2n) is 8.33. The van der Waals surface area contributed by atoms with Crippen molar-refractivity contribution in [2.45, 2.75) is 50.4 Å². The Bertz CT molecular complexity index is 713. The standard InChI is InChI=1S/C18H24N4O3/c23-15-7-12(8-19-15)16(24)22-9-13-2-1-5-18(13,10-22)17-20-14(21-25-17)6-11-3-4-11/h11-13H,1-10H2,(H,19,23)/t12-,13+,18+/m0/s1.